The maximum atomic E-state index is 11.5. The second-order valence-electron chi connectivity index (χ2n) is 3.18. The minimum Gasteiger partial charge on any atom is -0.458 e. The summed E-state index contributed by atoms with van der Waals surface area (Å²) >= 11 is 0. The number of amidine groups is 1. The fourth-order valence-electron chi connectivity index (χ4n) is 1.46. The van der Waals surface area contributed by atoms with Gasteiger partial charge in [0.2, 0.25) is 0 Å². The molecule has 0 saturated carbocycles. The summed E-state index contributed by atoms with van der Waals surface area (Å²) < 4.78 is 4.89. The van der Waals surface area contributed by atoms with E-state index in [1.807, 2.05) is 6.19 Å². The van der Waals surface area contributed by atoms with Gasteiger partial charge in [0, 0.05) is 0 Å². The van der Waals surface area contributed by atoms with E-state index in [-0.39, 0.29) is 0 Å². The standard InChI is InChI=1S/C10H10N4O2/c1-2-16-10(15)8-5-12-9-6-13(7-11)3-4-14(8)9/h3-5H,2,6H2,1H3/q+1. The first-order valence-electron chi connectivity index (χ1n) is 4.84. The molecule has 16 heavy (non-hydrogen) atoms. The van der Waals surface area contributed by atoms with Crippen molar-refractivity contribution in [2.75, 3.05) is 13.2 Å². The summed E-state index contributed by atoms with van der Waals surface area (Å²) in [7, 11) is 0. The molecule has 0 atom stereocenters. The number of hydrogen-bond donors (Lipinski definition) is 0. The van der Waals surface area contributed by atoms with Crippen LogP contribution in [0.15, 0.2) is 29.3 Å². The molecule has 0 aliphatic carbocycles. The molecule has 0 aromatic heterocycles. The van der Waals surface area contributed by atoms with Crippen molar-refractivity contribution < 1.29 is 9.53 Å². The van der Waals surface area contributed by atoms with Crippen LogP contribution in [0, 0.1) is 11.5 Å². The fraction of sp³-hybridized carbons (Fsp3) is 0.300. The number of rotatable bonds is 2. The zero-order chi connectivity index (χ0) is 11.5. The largest absolute Gasteiger partial charge is 0.458 e. The summed E-state index contributed by atoms with van der Waals surface area (Å²) in [4.78, 5) is 18.7. The number of carbonyl (C=O) groups is 1. The molecule has 0 N–H and O–H groups in total. The van der Waals surface area contributed by atoms with Crippen molar-refractivity contribution in [1.29, 1.82) is 5.26 Å². The SMILES string of the molecule is CCOC(=O)C1=CN=C2CN(C#N)C=C[N+]12. The molecule has 2 heterocycles. The van der Waals surface area contributed by atoms with E-state index in [0.717, 1.165) is 0 Å². The van der Waals surface area contributed by atoms with Crippen LogP contribution in [0.2, 0.25) is 0 Å². The Bertz CT molecular complexity index is 444. The molecule has 81 valence electrons. The van der Waals surface area contributed by atoms with Gasteiger partial charge in [-0.15, -0.1) is 0 Å². The summed E-state index contributed by atoms with van der Waals surface area (Å²) in [6.45, 7) is 2.44. The zero-order valence-electron chi connectivity index (χ0n) is 8.75. The average molecular weight is 218 g/mol. The van der Waals surface area contributed by atoms with Crippen LogP contribution in [0.5, 0.6) is 0 Å². The van der Waals surface area contributed by atoms with Crippen LogP contribution in [-0.4, -0.2) is 29.9 Å². The molecule has 2 rings (SSSR count). The Morgan fingerprint density at radius 1 is 1.81 bits per heavy atom. The highest BCUT2D eigenvalue weighted by Crippen LogP contribution is 2.16. The number of esters is 1. The lowest BCUT2D eigenvalue weighted by molar-refractivity contribution is -0.139. The molecule has 6 nitrogen and oxygen atoms in total. The highest BCUT2D eigenvalue weighted by molar-refractivity contribution is 6.02. The fourth-order valence-corrected chi connectivity index (χ4v) is 1.46. The van der Waals surface area contributed by atoms with Gasteiger partial charge in [0.15, 0.2) is 12.4 Å². The summed E-state index contributed by atoms with van der Waals surface area (Å²) in [5.74, 6) is 0.239. The third-order valence-electron chi connectivity index (χ3n) is 2.19. The van der Waals surface area contributed by atoms with E-state index in [2.05, 4.69) is 4.99 Å². The minimum absolute atomic E-state index is 0.327. The smallest absolute Gasteiger partial charge is 0.400 e. The molecule has 0 unspecified atom stereocenters. The summed E-state index contributed by atoms with van der Waals surface area (Å²) in [6.07, 6.45) is 6.66. The summed E-state index contributed by atoms with van der Waals surface area (Å²) in [5, 5.41) is 8.71. The van der Waals surface area contributed by atoms with Crippen LogP contribution in [-0.2, 0) is 9.53 Å². The molecule has 0 amide bonds. The van der Waals surface area contributed by atoms with E-state index in [1.165, 1.54) is 11.1 Å². The van der Waals surface area contributed by atoms with Crippen LogP contribution >= 0.6 is 0 Å². The van der Waals surface area contributed by atoms with Gasteiger partial charge in [0.25, 0.3) is 11.5 Å². The van der Waals surface area contributed by atoms with Gasteiger partial charge < -0.3 is 4.74 Å². The minimum atomic E-state index is -0.406. The normalized spacial score (nSPS) is 18.6. The van der Waals surface area contributed by atoms with Gasteiger partial charge in [-0.05, 0) is 11.8 Å². The first kappa shape index (κ1) is 10.4. The number of nitriles is 1. The molecule has 6 heteroatoms. The molecule has 2 aliphatic heterocycles. The molecule has 0 saturated heterocycles. The van der Waals surface area contributed by atoms with Crippen molar-refractivity contribution in [2.45, 2.75) is 6.92 Å². The third kappa shape index (κ3) is 1.68. The van der Waals surface area contributed by atoms with Gasteiger partial charge >= 0.3 is 5.97 Å². The van der Waals surface area contributed by atoms with Gasteiger partial charge in [-0.2, -0.15) is 10.3 Å². The van der Waals surface area contributed by atoms with Crippen LogP contribution in [0.3, 0.4) is 0 Å². The van der Waals surface area contributed by atoms with E-state index >= 15 is 0 Å². The number of fused-ring (bicyclic) bond motifs is 1. The molecular formula is C10H10N4O2+. The van der Waals surface area contributed by atoms with Gasteiger partial charge in [-0.25, -0.2) is 4.79 Å². The van der Waals surface area contributed by atoms with Crippen LogP contribution in [0.1, 0.15) is 6.92 Å². The number of carbonyl (C=O) groups excluding carboxylic acids is 1. The molecule has 0 bridgehead atoms. The highest BCUT2D eigenvalue weighted by atomic mass is 16.5. The average Bonchev–Trinajstić information content (AvgIpc) is 2.71. The molecule has 0 fully saturated rings. The lowest BCUT2D eigenvalue weighted by Gasteiger charge is -2.14. The first-order chi connectivity index (χ1) is 7.76. The molecule has 0 aromatic rings. The Kier molecular flexibility index (Phi) is 2.70. The van der Waals surface area contributed by atoms with Crippen LogP contribution in [0.4, 0.5) is 0 Å². The third-order valence-corrected chi connectivity index (χ3v) is 2.19. The van der Waals surface area contributed by atoms with E-state index in [1.54, 1.807) is 24.2 Å². The van der Waals surface area contributed by atoms with Crippen molar-refractivity contribution >= 4 is 11.8 Å². The topological polar surface area (TPSA) is 71.6 Å². The molecule has 0 aromatic carbocycles. The van der Waals surface area contributed by atoms with Gasteiger partial charge in [-0.3, -0.25) is 4.90 Å². The van der Waals surface area contributed by atoms with Crippen molar-refractivity contribution in [3.05, 3.63) is 24.3 Å². The van der Waals surface area contributed by atoms with Gasteiger partial charge in [0.1, 0.15) is 12.7 Å². The van der Waals surface area contributed by atoms with Crippen LogP contribution in [0.25, 0.3) is 0 Å². The quantitative estimate of drug-likeness (QED) is 0.377. The Labute approximate surface area is 92.7 Å². The van der Waals surface area contributed by atoms with Crippen molar-refractivity contribution in [1.82, 2.24) is 9.80 Å². The maximum absolute atomic E-state index is 11.5. The number of aliphatic imine (C=N–C) groups is 1. The lowest BCUT2D eigenvalue weighted by atomic mass is 10.3. The number of hydrogen-bond acceptors (Lipinski definition) is 6. The van der Waals surface area contributed by atoms with Gasteiger partial charge in [0.05, 0.1) is 12.8 Å². The first-order valence-corrected chi connectivity index (χ1v) is 4.84. The monoisotopic (exact) mass is 218 g/mol. The number of nitrogens with zero attached hydrogens (tertiary/aromatic N) is 4. The molecular weight excluding hydrogens is 208 g/mol. The molecule has 0 spiro atoms. The van der Waals surface area contributed by atoms with Crippen molar-refractivity contribution in [3.63, 3.8) is 0 Å². The summed E-state index contributed by atoms with van der Waals surface area (Å²) in [5.41, 5.74) is 0.380. The predicted octanol–water partition coefficient (Wildman–Crippen LogP) is 0.211. The highest BCUT2D eigenvalue weighted by Gasteiger charge is 2.41. The second-order valence-corrected chi connectivity index (χ2v) is 3.18. The Morgan fingerprint density at radius 3 is 3.31 bits per heavy atom. The maximum Gasteiger partial charge on any atom is 0.400 e. The second kappa shape index (κ2) is 4.16. The lowest BCUT2D eigenvalue weighted by Crippen LogP contribution is -2.41. The number of ether oxygens (including phenoxy) is 1. The van der Waals surface area contributed by atoms with Gasteiger partial charge in [-0.1, -0.05) is 0 Å². The van der Waals surface area contributed by atoms with E-state index < -0.39 is 5.97 Å². The van der Waals surface area contributed by atoms with E-state index in [0.29, 0.717) is 24.7 Å². The van der Waals surface area contributed by atoms with E-state index in [9.17, 15) is 4.79 Å². The summed E-state index contributed by atoms with van der Waals surface area (Å²) in [6, 6.07) is 0. The predicted molar refractivity (Wildman–Crippen MR) is 55.7 cm³/mol. The Balaban J connectivity index is 2.14. The zero-order valence-corrected chi connectivity index (χ0v) is 8.75. The molecule has 1 radical (unpaired) electrons. The van der Waals surface area contributed by atoms with Crippen LogP contribution < -0.4 is 4.90 Å². The van der Waals surface area contributed by atoms with E-state index in [4.69, 9.17) is 10.00 Å². The Morgan fingerprint density at radius 2 is 2.62 bits per heavy atom. The Hall–Kier alpha value is -2.13. The molecule has 2 aliphatic rings. The van der Waals surface area contributed by atoms with Crippen molar-refractivity contribution in [2.24, 2.45) is 4.99 Å². The van der Waals surface area contributed by atoms with Crippen molar-refractivity contribution in [3.8, 4) is 6.19 Å².